The first-order valence-corrected chi connectivity index (χ1v) is 7.03. The van der Waals surface area contributed by atoms with Crippen molar-refractivity contribution in [1.29, 1.82) is 0 Å². The van der Waals surface area contributed by atoms with Gasteiger partial charge in [0.25, 0.3) is 0 Å². The highest BCUT2D eigenvalue weighted by Crippen LogP contribution is 2.39. The number of amides is 1. The van der Waals surface area contributed by atoms with E-state index >= 15 is 0 Å². The SMILES string of the molecule is CNC1CCN(C(=O)C2(C)CCCC2)CC1C. The number of nitrogens with one attached hydrogen (secondary N) is 1. The van der Waals surface area contributed by atoms with Gasteiger partial charge in [0.05, 0.1) is 0 Å². The van der Waals surface area contributed by atoms with Gasteiger partial charge in [-0.1, -0.05) is 26.7 Å². The fourth-order valence-electron chi connectivity index (χ4n) is 3.51. The number of carbonyl (C=O) groups excluding carboxylic acids is 1. The Hall–Kier alpha value is -0.570. The second-order valence-electron chi connectivity index (χ2n) is 6.18. The van der Waals surface area contributed by atoms with E-state index in [1.165, 1.54) is 12.8 Å². The molecule has 3 nitrogen and oxygen atoms in total. The molecule has 2 rings (SSSR count). The van der Waals surface area contributed by atoms with Crippen LogP contribution < -0.4 is 5.32 Å². The predicted octanol–water partition coefficient (Wildman–Crippen LogP) is 2.02. The normalized spacial score (nSPS) is 32.8. The maximum atomic E-state index is 12.6. The fourth-order valence-corrected chi connectivity index (χ4v) is 3.51. The maximum absolute atomic E-state index is 12.6. The third-order valence-corrected chi connectivity index (χ3v) is 4.79. The van der Waals surface area contributed by atoms with Gasteiger partial charge in [-0.3, -0.25) is 4.79 Å². The van der Waals surface area contributed by atoms with E-state index in [1.807, 2.05) is 7.05 Å². The Balaban J connectivity index is 1.97. The lowest BCUT2D eigenvalue weighted by Crippen LogP contribution is -2.52. The first kappa shape index (κ1) is 12.9. The van der Waals surface area contributed by atoms with E-state index in [0.29, 0.717) is 17.9 Å². The van der Waals surface area contributed by atoms with Crippen LogP contribution >= 0.6 is 0 Å². The van der Waals surface area contributed by atoms with Gasteiger partial charge in [0.1, 0.15) is 0 Å². The first-order chi connectivity index (χ1) is 8.07. The minimum absolute atomic E-state index is 0.0494. The van der Waals surface area contributed by atoms with Gasteiger partial charge in [-0.05, 0) is 32.2 Å². The molecular weight excluding hydrogens is 212 g/mol. The van der Waals surface area contributed by atoms with Crippen molar-refractivity contribution in [1.82, 2.24) is 10.2 Å². The van der Waals surface area contributed by atoms with Crippen molar-refractivity contribution in [3.63, 3.8) is 0 Å². The molecular formula is C14H26N2O. The molecule has 1 aliphatic heterocycles. The zero-order valence-corrected chi connectivity index (χ0v) is 11.5. The van der Waals surface area contributed by atoms with Crippen LogP contribution in [0.3, 0.4) is 0 Å². The average molecular weight is 238 g/mol. The summed E-state index contributed by atoms with van der Waals surface area (Å²) in [6, 6.07) is 0.579. The van der Waals surface area contributed by atoms with Crippen molar-refractivity contribution in [2.24, 2.45) is 11.3 Å². The second kappa shape index (κ2) is 4.97. The van der Waals surface area contributed by atoms with Crippen LogP contribution in [0.4, 0.5) is 0 Å². The number of hydrogen-bond acceptors (Lipinski definition) is 2. The Morgan fingerprint density at radius 3 is 2.53 bits per heavy atom. The molecule has 0 spiro atoms. The fraction of sp³-hybridized carbons (Fsp3) is 0.929. The van der Waals surface area contributed by atoms with E-state index in [9.17, 15) is 4.79 Å². The van der Waals surface area contributed by atoms with Crippen LogP contribution in [-0.2, 0) is 4.79 Å². The largest absolute Gasteiger partial charge is 0.342 e. The average Bonchev–Trinajstić information content (AvgIpc) is 2.76. The van der Waals surface area contributed by atoms with Gasteiger partial charge in [-0.2, -0.15) is 0 Å². The lowest BCUT2D eigenvalue weighted by Gasteiger charge is -2.40. The van der Waals surface area contributed by atoms with Crippen LogP contribution in [0.15, 0.2) is 0 Å². The highest BCUT2D eigenvalue weighted by molar-refractivity contribution is 5.82. The summed E-state index contributed by atoms with van der Waals surface area (Å²) in [6.07, 6.45) is 5.73. The number of carbonyl (C=O) groups is 1. The van der Waals surface area contributed by atoms with Gasteiger partial charge in [0, 0.05) is 24.5 Å². The molecule has 98 valence electrons. The molecule has 3 heteroatoms. The van der Waals surface area contributed by atoms with Crippen LogP contribution in [0, 0.1) is 11.3 Å². The standard InChI is InChI=1S/C14H26N2O/c1-11-10-16(9-6-12(11)15-3)13(17)14(2)7-4-5-8-14/h11-12,15H,4-10H2,1-3H3. The van der Waals surface area contributed by atoms with Crippen LogP contribution in [-0.4, -0.2) is 37.0 Å². The Labute approximate surface area is 105 Å². The molecule has 0 radical (unpaired) electrons. The van der Waals surface area contributed by atoms with E-state index in [4.69, 9.17) is 0 Å². The van der Waals surface area contributed by atoms with Crippen molar-refractivity contribution < 1.29 is 4.79 Å². The molecule has 1 heterocycles. The monoisotopic (exact) mass is 238 g/mol. The van der Waals surface area contributed by atoms with Crippen molar-refractivity contribution in [3.05, 3.63) is 0 Å². The van der Waals surface area contributed by atoms with E-state index in [0.717, 1.165) is 32.4 Å². The Morgan fingerprint density at radius 2 is 2.00 bits per heavy atom. The van der Waals surface area contributed by atoms with Crippen LogP contribution in [0.5, 0.6) is 0 Å². The van der Waals surface area contributed by atoms with E-state index in [-0.39, 0.29) is 5.41 Å². The van der Waals surface area contributed by atoms with Gasteiger partial charge in [-0.15, -0.1) is 0 Å². The quantitative estimate of drug-likeness (QED) is 0.798. The third kappa shape index (κ3) is 2.49. The van der Waals surface area contributed by atoms with Crippen molar-refractivity contribution in [2.45, 2.75) is 52.0 Å². The van der Waals surface area contributed by atoms with E-state index < -0.39 is 0 Å². The molecule has 2 unspecified atom stereocenters. The predicted molar refractivity (Wildman–Crippen MR) is 69.8 cm³/mol. The van der Waals surface area contributed by atoms with Crippen molar-refractivity contribution in [2.75, 3.05) is 20.1 Å². The molecule has 1 amide bonds. The summed E-state index contributed by atoms with van der Waals surface area (Å²) < 4.78 is 0. The minimum atomic E-state index is -0.0494. The molecule has 2 fully saturated rings. The summed E-state index contributed by atoms with van der Waals surface area (Å²) >= 11 is 0. The second-order valence-corrected chi connectivity index (χ2v) is 6.18. The smallest absolute Gasteiger partial charge is 0.228 e. The summed E-state index contributed by atoms with van der Waals surface area (Å²) in [5.41, 5.74) is -0.0494. The number of rotatable bonds is 2. The van der Waals surface area contributed by atoms with Crippen molar-refractivity contribution >= 4 is 5.91 Å². The molecule has 17 heavy (non-hydrogen) atoms. The highest BCUT2D eigenvalue weighted by Gasteiger charge is 2.40. The van der Waals surface area contributed by atoms with Gasteiger partial charge in [-0.25, -0.2) is 0 Å². The topological polar surface area (TPSA) is 32.3 Å². The zero-order valence-electron chi connectivity index (χ0n) is 11.5. The lowest BCUT2D eigenvalue weighted by molar-refractivity contribution is -0.143. The van der Waals surface area contributed by atoms with E-state index in [1.54, 1.807) is 0 Å². The molecule has 0 aromatic rings. The number of piperidine rings is 1. The van der Waals surface area contributed by atoms with Gasteiger partial charge in [0.2, 0.25) is 5.91 Å². The molecule has 0 aromatic carbocycles. The van der Waals surface area contributed by atoms with Crippen LogP contribution in [0.25, 0.3) is 0 Å². The highest BCUT2D eigenvalue weighted by atomic mass is 16.2. The summed E-state index contributed by atoms with van der Waals surface area (Å²) in [4.78, 5) is 14.7. The first-order valence-electron chi connectivity index (χ1n) is 7.03. The molecule has 1 saturated heterocycles. The number of hydrogen-bond donors (Lipinski definition) is 1. The summed E-state index contributed by atoms with van der Waals surface area (Å²) in [6.45, 7) is 6.28. The minimum Gasteiger partial charge on any atom is -0.342 e. The molecule has 2 aliphatic rings. The van der Waals surface area contributed by atoms with Crippen LogP contribution in [0.2, 0.25) is 0 Å². The van der Waals surface area contributed by atoms with Crippen LogP contribution in [0.1, 0.15) is 46.0 Å². The lowest BCUT2D eigenvalue weighted by atomic mass is 9.85. The molecule has 1 aliphatic carbocycles. The molecule has 0 aromatic heterocycles. The Morgan fingerprint density at radius 1 is 1.35 bits per heavy atom. The van der Waals surface area contributed by atoms with Crippen molar-refractivity contribution in [3.8, 4) is 0 Å². The Bertz CT molecular complexity index is 284. The zero-order chi connectivity index (χ0) is 12.5. The summed E-state index contributed by atoms with van der Waals surface area (Å²) in [5, 5.41) is 3.35. The third-order valence-electron chi connectivity index (χ3n) is 4.79. The van der Waals surface area contributed by atoms with Gasteiger partial charge >= 0.3 is 0 Å². The molecule has 1 N–H and O–H groups in total. The molecule has 2 atom stereocenters. The number of nitrogens with zero attached hydrogens (tertiary/aromatic N) is 1. The maximum Gasteiger partial charge on any atom is 0.228 e. The van der Waals surface area contributed by atoms with E-state index in [2.05, 4.69) is 24.1 Å². The summed E-state index contributed by atoms with van der Waals surface area (Å²) in [5.74, 6) is 0.985. The molecule has 1 saturated carbocycles. The summed E-state index contributed by atoms with van der Waals surface area (Å²) in [7, 11) is 2.02. The Kier molecular flexibility index (Phi) is 3.76. The van der Waals surface area contributed by atoms with Gasteiger partial charge < -0.3 is 10.2 Å². The number of likely N-dealkylation sites (tertiary alicyclic amines) is 1. The van der Waals surface area contributed by atoms with Gasteiger partial charge in [0.15, 0.2) is 0 Å². The molecule has 0 bridgehead atoms.